The normalized spacial score (nSPS) is 8.00. The zero-order chi connectivity index (χ0) is 11.6. The molecule has 0 fully saturated rings. The molecule has 0 aliphatic rings. The van der Waals surface area contributed by atoms with Crippen molar-refractivity contribution in [1.29, 1.82) is 0 Å². The van der Waals surface area contributed by atoms with Crippen LogP contribution in [-0.2, 0) is 9.59 Å². The third-order valence-corrected chi connectivity index (χ3v) is 1.41. The van der Waals surface area contributed by atoms with E-state index >= 15 is 0 Å². The molecule has 4 nitrogen and oxygen atoms in total. The van der Waals surface area contributed by atoms with E-state index in [1.807, 2.05) is 0 Å². The van der Waals surface area contributed by atoms with E-state index in [-0.39, 0.29) is 65.5 Å². The predicted octanol–water partition coefficient (Wildman–Crippen LogP) is -6.28. The molecule has 84 valence electrons. The summed E-state index contributed by atoms with van der Waals surface area (Å²) in [6, 6.07) is 0. The van der Waals surface area contributed by atoms with E-state index in [2.05, 4.69) is 13.8 Å². The number of unbranched alkanes of at least 4 members (excludes halogenated alkanes) is 1. The van der Waals surface area contributed by atoms with Gasteiger partial charge in [-0.05, 0) is 25.7 Å². The first-order valence-corrected chi connectivity index (χ1v) is 4.73. The van der Waals surface area contributed by atoms with Crippen molar-refractivity contribution < 1.29 is 78.9 Å². The van der Waals surface area contributed by atoms with Crippen LogP contribution in [0.1, 0.15) is 46.5 Å². The monoisotopic (exact) mass is 248 g/mol. The minimum Gasteiger partial charge on any atom is -0.550 e. The Hall–Kier alpha value is 0.940. The van der Waals surface area contributed by atoms with Gasteiger partial charge in [0, 0.05) is 11.9 Å². The number of carbonyl (C=O) groups excluding carboxylic acids is 2. The number of carboxylic acids is 2. The second kappa shape index (κ2) is 18.3. The molecular weight excluding hydrogens is 230 g/mol. The summed E-state index contributed by atoms with van der Waals surface area (Å²) in [5.41, 5.74) is 0. The van der Waals surface area contributed by atoms with Crippen molar-refractivity contribution in [2.45, 2.75) is 46.5 Å². The summed E-state index contributed by atoms with van der Waals surface area (Å²) >= 11 is 0. The van der Waals surface area contributed by atoms with Crippen LogP contribution in [-0.4, -0.2) is 11.9 Å². The van der Waals surface area contributed by atoms with E-state index in [9.17, 15) is 9.90 Å². The Kier molecular flexibility index (Phi) is 29.4. The van der Waals surface area contributed by atoms with Crippen LogP contribution >= 0.6 is 0 Å². The van der Waals surface area contributed by atoms with Gasteiger partial charge in [0.05, 0.1) is 0 Å². The fraction of sp³-hybridized carbons (Fsp3) is 0.800. The zero-order valence-electron chi connectivity index (χ0n) is 11.0. The summed E-state index contributed by atoms with van der Waals surface area (Å²) in [5.74, 6) is -1.33. The van der Waals surface area contributed by atoms with E-state index < -0.39 is 11.9 Å². The summed E-state index contributed by atoms with van der Waals surface area (Å²) < 4.78 is 0. The van der Waals surface area contributed by atoms with Gasteiger partial charge in [-0.25, -0.2) is 0 Å². The molecule has 6 heteroatoms. The second-order valence-corrected chi connectivity index (χ2v) is 3.50. The molecule has 0 heterocycles. The summed E-state index contributed by atoms with van der Waals surface area (Å²) in [7, 11) is 0. The number of carboxylic acid groups (broad SMARTS) is 2. The second-order valence-electron chi connectivity index (χ2n) is 3.50. The molecule has 16 heavy (non-hydrogen) atoms. The van der Waals surface area contributed by atoms with Gasteiger partial charge in [0.25, 0.3) is 0 Å². The molecule has 0 aromatic rings. The minimum absolute atomic E-state index is 0. The number of rotatable bonds is 5. The molecule has 0 aromatic carbocycles. The maximum atomic E-state index is 9.93. The van der Waals surface area contributed by atoms with E-state index in [0.29, 0.717) is 5.92 Å². The molecule has 0 aliphatic heterocycles. The Labute approximate surface area is 142 Å². The third-order valence-electron chi connectivity index (χ3n) is 1.41. The Morgan fingerprint density at radius 3 is 1.69 bits per heavy atom. The maximum absolute atomic E-state index is 9.93. The van der Waals surface area contributed by atoms with Crippen molar-refractivity contribution in [1.82, 2.24) is 0 Å². The van der Waals surface area contributed by atoms with Gasteiger partial charge < -0.3 is 19.8 Å². The van der Waals surface area contributed by atoms with Gasteiger partial charge in [-0.15, -0.1) is 0 Å². The molecular formula is C10H18Na2O4. The van der Waals surface area contributed by atoms with Gasteiger partial charge in [0.1, 0.15) is 0 Å². The molecule has 0 N–H and O–H groups in total. The fourth-order valence-corrected chi connectivity index (χ4v) is 0.822. The first kappa shape index (κ1) is 25.7. The molecule has 0 aliphatic carbocycles. The quantitative estimate of drug-likeness (QED) is 0.358. The van der Waals surface area contributed by atoms with Crippen LogP contribution in [0.4, 0.5) is 0 Å². The summed E-state index contributed by atoms with van der Waals surface area (Å²) in [4.78, 5) is 18.8. The number of hydrogen-bond acceptors (Lipinski definition) is 4. The van der Waals surface area contributed by atoms with E-state index in [1.165, 1.54) is 0 Å². The smallest absolute Gasteiger partial charge is 0.550 e. The average molecular weight is 248 g/mol. The maximum Gasteiger partial charge on any atom is 1.00 e. The van der Waals surface area contributed by atoms with Crippen LogP contribution in [0.5, 0.6) is 0 Å². The Bertz CT molecular complexity index is 168. The number of carbonyl (C=O) groups is 2. The van der Waals surface area contributed by atoms with Crippen LogP contribution in [0.25, 0.3) is 0 Å². The fourth-order valence-electron chi connectivity index (χ4n) is 0.822. The van der Waals surface area contributed by atoms with Crippen molar-refractivity contribution in [2.75, 3.05) is 0 Å². The van der Waals surface area contributed by atoms with Gasteiger partial charge in [-0.3, -0.25) is 0 Å². The van der Waals surface area contributed by atoms with Crippen LogP contribution in [0.15, 0.2) is 0 Å². The van der Waals surface area contributed by atoms with Crippen molar-refractivity contribution >= 4 is 11.9 Å². The number of aliphatic carboxylic acids is 2. The largest absolute Gasteiger partial charge is 1.00 e. The average Bonchev–Trinajstić information content (AvgIpc) is 1.96. The van der Waals surface area contributed by atoms with Crippen LogP contribution < -0.4 is 69.3 Å². The van der Waals surface area contributed by atoms with E-state index in [0.717, 1.165) is 26.2 Å². The van der Waals surface area contributed by atoms with Crippen LogP contribution in [0, 0.1) is 5.92 Å². The van der Waals surface area contributed by atoms with Gasteiger partial charge in [0.15, 0.2) is 0 Å². The van der Waals surface area contributed by atoms with E-state index in [4.69, 9.17) is 9.90 Å². The zero-order valence-corrected chi connectivity index (χ0v) is 15.0. The van der Waals surface area contributed by atoms with Crippen molar-refractivity contribution in [3.05, 3.63) is 0 Å². The van der Waals surface area contributed by atoms with Crippen molar-refractivity contribution in [3.8, 4) is 0 Å². The van der Waals surface area contributed by atoms with Crippen LogP contribution in [0.2, 0.25) is 0 Å². The first-order valence-electron chi connectivity index (χ1n) is 4.73. The molecule has 0 spiro atoms. The van der Waals surface area contributed by atoms with Crippen molar-refractivity contribution in [2.24, 2.45) is 5.92 Å². The molecule has 0 aromatic heterocycles. The third kappa shape index (κ3) is 46.1. The standard InChI is InChI=1S/C8H16O2.C2H4O2.2Na/c1-7(2)5-3-4-6-8(9)10;1-2(3)4;;/h7H,3-6H2,1-2H3,(H,9,10);1H3,(H,3,4);;/q;;2*+1/p-2. The molecule has 0 saturated heterocycles. The summed E-state index contributed by atoms with van der Waals surface area (Å²) in [6.07, 6.45) is 3.10. The first-order chi connectivity index (χ1) is 6.36. The molecule has 0 amide bonds. The van der Waals surface area contributed by atoms with Crippen LogP contribution in [0.3, 0.4) is 0 Å². The van der Waals surface area contributed by atoms with Crippen molar-refractivity contribution in [3.63, 3.8) is 0 Å². The molecule has 0 bridgehead atoms. The summed E-state index contributed by atoms with van der Waals surface area (Å²) in [6.45, 7) is 5.25. The molecule has 0 unspecified atom stereocenters. The number of hydrogen-bond donors (Lipinski definition) is 0. The summed E-state index contributed by atoms with van der Waals surface area (Å²) in [5, 5.41) is 18.8. The Balaban J connectivity index is -0.000000105. The Morgan fingerprint density at radius 2 is 1.44 bits per heavy atom. The van der Waals surface area contributed by atoms with Gasteiger partial charge in [-0.2, -0.15) is 0 Å². The van der Waals surface area contributed by atoms with Gasteiger partial charge in [-0.1, -0.05) is 26.7 Å². The predicted molar refractivity (Wildman–Crippen MR) is 49.0 cm³/mol. The molecule has 0 rings (SSSR count). The Morgan fingerprint density at radius 1 is 1.06 bits per heavy atom. The van der Waals surface area contributed by atoms with Gasteiger partial charge in [0.2, 0.25) is 0 Å². The van der Waals surface area contributed by atoms with Gasteiger partial charge >= 0.3 is 59.1 Å². The topological polar surface area (TPSA) is 80.3 Å². The minimum atomic E-state index is -1.08. The molecule has 0 saturated carbocycles. The molecule has 0 atom stereocenters. The SMILES string of the molecule is CC(=O)[O-].CC(C)CCCCC(=O)[O-].[Na+].[Na+]. The molecule has 0 radical (unpaired) electrons. The van der Waals surface area contributed by atoms with E-state index in [1.54, 1.807) is 0 Å².